The molecule has 0 saturated carbocycles. The van der Waals surface area contributed by atoms with Gasteiger partial charge in [-0.25, -0.2) is 14.8 Å². The number of nitrogens with zero attached hydrogens (tertiary/aromatic N) is 11. The van der Waals surface area contributed by atoms with Gasteiger partial charge in [-0.3, -0.25) is 9.69 Å². The van der Waals surface area contributed by atoms with Gasteiger partial charge in [0.25, 0.3) is 0 Å². The number of rotatable bonds is 4. The van der Waals surface area contributed by atoms with Crippen LogP contribution in [0.15, 0.2) is 48.5 Å². The molecule has 12 rings (SSSR count). The van der Waals surface area contributed by atoms with Gasteiger partial charge in [0.15, 0.2) is 0 Å². The molecule has 4 unspecified atom stereocenters. The van der Waals surface area contributed by atoms with Crippen molar-refractivity contribution in [1.82, 2.24) is 38.3 Å². The first kappa shape index (κ1) is 46.6. The molecule has 67 heavy (non-hydrogen) atoms. The summed E-state index contributed by atoms with van der Waals surface area (Å²) in [5, 5.41) is 5.52. The third-order valence-electron chi connectivity index (χ3n) is 16.7. The lowest BCUT2D eigenvalue weighted by atomic mass is 9.73. The first-order valence-electron chi connectivity index (χ1n) is 24.8. The molecule has 6 saturated heterocycles. The summed E-state index contributed by atoms with van der Waals surface area (Å²) in [5.41, 5.74) is 5.90. The van der Waals surface area contributed by atoms with Crippen LogP contribution < -0.4 is 20.0 Å². The number of aromatic nitrogens is 4. The van der Waals surface area contributed by atoms with Crippen LogP contribution in [0.2, 0.25) is 0 Å². The smallest absolute Gasteiger partial charge is 0.323 e. The molecule has 2 spiro atoms. The summed E-state index contributed by atoms with van der Waals surface area (Å²) in [6, 6.07) is 21.6. The molecule has 8 aliphatic heterocycles. The normalized spacial score (nSPS) is 27.7. The number of hydrogen-bond donors (Lipinski definition) is 1. The lowest BCUT2D eigenvalue weighted by Gasteiger charge is -2.47. The highest BCUT2D eigenvalue weighted by Crippen LogP contribution is 2.50. The predicted octanol–water partition coefficient (Wildman–Crippen LogP) is 8.59. The number of halogens is 1. The van der Waals surface area contributed by atoms with E-state index in [0.29, 0.717) is 35.6 Å². The number of nitrogens with one attached hydrogen (secondary N) is 1. The molecule has 6 fully saturated rings. The Morgan fingerprint density at radius 1 is 0.642 bits per heavy atom. The summed E-state index contributed by atoms with van der Waals surface area (Å²) in [6.45, 7) is 10.7. The Hall–Kier alpha value is -4.09. The molecule has 4 aromatic rings. The zero-order chi connectivity index (χ0) is 46.6. The van der Waals surface area contributed by atoms with Gasteiger partial charge >= 0.3 is 11.4 Å². The largest absolute Gasteiger partial charge is 0.384 e. The number of piperidine rings is 4. The molecule has 0 radical (unpaired) electrons. The van der Waals surface area contributed by atoms with Crippen molar-refractivity contribution in [2.75, 3.05) is 87.5 Å². The summed E-state index contributed by atoms with van der Waals surface area (Å²) in [4.78, 5) is 47.9. The molecule has 8 aliphatic rings. The molecular weight excluding hydrogens is 900 g/mol. The van der Waals surface area contributed by atoms with Crippen LogP contribution in [0.3, 0.4) is 0 Å². The molecule has 4 bridgehead atoms. The van der Waals surface area contributed by atoms with E-state index in [1.54, 1.807) is 47.6 Å². The van der Waals surface area contributed by atoms with Gasteiger partial charge in [0.1, 0.15) is 11.6 Å². The van der Waals surface area contributed by atoms with Crippen LogP contribution in [-0.2, 0) is 10.8 Å². The summed E-state index contributed by atoms with van der Waals surface area (Å²) in [7, 11) is 6.88. The van der Waals surface area contributed by atoms with Crippen molar-refractivity contribution in [1.29, 1.82) is 0 Å². The Balaban J connectivity index is 0.000000141. The molecular formula is C50H69ClN12O2S2. The summed E-state index contributed by atoms with van der Waals surface area (Å²) < 4.78 is 8.86. The molecule has 4 atom stereocenters. The average molecular weight is 970 g/mol. The monoisotopic (exact) mass is 968 g/mol. The molecule has 14 nitrogen and oxygen atoms in total. The van der Waals surface area contributed by atoms with Gasteiger partial charge in [-0.15, -0.1) is 0 Å². The zero-order valence-electron chi connectivity index (χ0n) is 40.2. The molecule has 2 aromatic carbocycles. The number of amides is 3. The number of aryl methyl sites for hydroxylation is 2. The second-order valence-electron chi connectivity index (χ2n) is 21.0. The minimum Gasteiger partial charge on any atom is -0.384 e. The molecule has 1 N–H and O–H groups in total. The van der Waals surface area contributed by atoms with E-state index in [0.717, 1.165) is 72.7 Å². The van der Waals surface area contributed by atoms with Gasteiger partial charge in [-0.05, 0) is 152 Å². The van der Waals surface area contributed by atoms with Gasteiger partial charge < -0.3 is 34.7 Å². The van der Waals surface area contributed by atoms with Crippen LogP contribution in [0.4, 0.5) is 31.2 Å². The molecule has 17 heteroatoms. The van der Waals surface area contributed by atoms with Gasteiger partial charge in [0.05, 0.1) is 0 Å². The SMILES string of the molecule is CN(C)C(=O)Cl.Cc1nsc(N2C3CCC2CC(N2CCC4(CC2)CN(C(=O)N(C)C)c2ccccc24)C3)n1.Cc1nsc(N2C3CCC2CC(N2CCC4(CC2)CNc2ccccc24)C3)n1. The molecule has 360 valence electrons. The molecule has 0 aliphatic carbocycles. The quantitative estimate of drug-likeness (QED) is 0.157. The van der Waals surface area contributed by atoms with Crippen LogP contribution in [0, 0.1) is 13.8 Å². The second kappa shape index (κ2) is 19.0. The fourth-order valence-electron chi connectivity index (χ4n) is 13.3. The number of hydrogen-bond acceptors (Lipinski definition) is 13. The van der Waals surface area contributed by atoms with E-state index < -0.39 is 5.37 Å². The van der Waals surface area contributed by atoms with E-state index in [-0.39, 0.29) is 11.4 Å². The van der Waals surface area contributed by atoms with Crippen molar-refractivity contribution < 1.29 is 9.59 Å². The number of benzene rings is 2. The van der Waals surface area contributed by atoms with Crippen LogP contribution in [-0.4, -0.2) is 153 Å². The number of anilines is 4. The highest BCUT2D eigenvalue weighted by atomic mass is 35.5. The number of urea groups is 1. The summed E-state index contributed by atoms with van der Waals surface area (Å²) >= 11 is 8.06. The van der Waals surface area contributed by atoms with E-state index >= 15 is 0 Å². The van der Waals surface area contributed by atoms with E-state index in [4.69, 9.17) is 21.6 Å². The lowest BCUT2D eigenvalue weighted by Crippen LogP contribution is -2.54. The van der Waals surface area contributed by atoms with Crippen molar-refractivity contribution in [3.8, 4) is 0 Å². The average Bonchev–Trinajstić information content (AvgIpc) is 4.19. The van der Waals surface area contributed by atoms with E-state index in [1.807, 2.05) is 32.8 Å². The maximum atomic E-state index is 12.9. The van der Waals surface area contributed by atoms with Crippen LogP contribution in [0.5, 0.6) is 0 Å². The second-order valence-corrected chi connectivity index (χ2v) is 22.8. The Kier molecular flexibility index (Phi) is 13.2. The van der Waals surface area contributed by atoms with Crippen molar-refractivity contribution >= 4 is 67.7 Å². The summed E-state index contributed by atoms with van der Waals surface area (Å²) in [6.07, 6.45) is 15.2. The highest BCUT2D eigenvalue weighted by molar-refractivity contribution is 7.10. The van der Waals surface area contributed by atoms with Crippen molar-refractivity contribution in [3.63, 3.8) is 0 Å². The lowest BCUT2D eigenvalue weighted by molar-refractivity contribution is 0.0949. The van der Waals surface area contributed by atoms with Crippen LogP contribution >= 0.6 is 34.7 Å². The Morgan fingerprint density at radius 3 is 1.54 bits per heavy atom. The summed E-state index contributed by atoms with van der Waals surface area (Å²) in [5.74, 6) is 1.82. The van der Waals surface area contributed by atoms with Crippen LogP contribution in [0.25, 0.3) is 0 Å². The molecule has 10 heterocycles. The van der Waals surface area contributed by atoms with Crippen molar-refractivity contribution in [2.45, 2.75) is 138 Å². The third kappa shape index (κ3) is 9.03. The highest BCUT2D eigenvalue weighted by Gasteiger charge is 2.50. The fourth-order valence-corrected chi connectivity index (χ4v) is 14.9. The van der Waals surface area contributed by atoms with Gasteiger partial charge in [0.2, 0.25) is 10.3 Å². The first-order valence-corrected chi connectivity index (χ1v) is 26.7. The number of carbonyl (C=O) groups excluding carboxylic acids is 2. The zero-order valence-corrected chi connectivity index (χ0v) is 42.6. The first-order chi connectivity index (χ1) is 32.3. The Bertz CT molecular complexity index is 2370. The number of para-hydroxylation sites is 2. The topological polar surface area (TPSA) is 120 Å². The van der Waals surface area contributed by atoms with Gasteiger partial charge in [-0.2, -0.15) is 8.75 Å². The predicted molar refractivity (Wildman–Crippen MR) is 272 cm³/mol. The van der Waals surface area contributed by atoms with E-state index in [2.05, 4.69) is 82.2 Å². The number of carbonyl (C=O) groups is 2. The Morgan fingerprint density at radius 2 is 1.09 bits per heavy atom. The van der Waals surface area contributed by atoms with Gasteiger partial charge in [-0.1, -0.05) is 36.4 Å². The third-order valence-corrected chi connectivity index (χ3v) is 18.7. The van der Waals surface area contributed by atoms with E-state index in [9.17, 15) is 9.59 Å². The van der Waals surface area contributed by atoms with Gasteiger partial charge in [0, 0.05) is 123 Å². The van der Waals surface area contributed by atoms with E-state index in [1.165, 1.54) is 93.4 Å². The number of likely N-dealkylation sites (tertiary alicyclic amines) is 2. The van der Waals surface area contributed by atoms with Crippen molar-refractivity contribution in [3.05, 3.63) is 71.3 Å². The Labute approximate surface area is 410 Å². The van der Waals surface area contributed by atoms with Crippen LogP contribution in [0.1, 0.15) is 99.8 Å². The standard InChI is InChI=1S/C25H34N6OS.C22H29N5S.C3H6ClNO/c1-17-26-23(33-27-17)31-18-8-9-19(31)15-20(14-18)29-12-10-25(11-13-29)16-30(24(32)28(2)3)22-7-5-4-6-21(22)25;1-15-24-21(28-25-15)27-16-6-7-17(27)13-18(12-16)26-10-8-22(9-11-26)14-23-20-5-3-2-4-19(20)22;1-5(2)3(4)6/h4-7,18-20H,8-16H2,1-3H3;2-5,16-18,23H,6-14H2,1H3;1-2H3. The minimum absolute atomic E-state index is 0.0950. The molecule has 3 amide bonds. The van der Waals surface area contributed by atoms with Crippen molar-refractivity contribution in [2.24, 2.45) is 0 Å². The molecule has 2 aromatic heterocycles. The maximum Gasteiger partial charge on any atom is 0.323 e. The number of fused-ring (bicyclic) bond motifs is 8. The minimum atomic E-state index is -0.435. The fraction of sp³-hybridized carbons (Fsp3) is 0.640. The maximum absolute atomic E-state index is 12.9.